The molecule has 0 amide bonds. The summed E-state index contributed by atoms with van der Waals surface area (Å²) in [6, 6.07) is 9.68. The summed E-state index contributed by atoms with van der Waals surface area (Å²) in [6.45, 7) is 9.78. The molecule has 1 aromatic carbocycles. The zero-order valence-electron chi connectivity index (χ0n) is 16.0. The maximum atomic E-state index is 10.6. The van der Waals surface area contributed by atoms with Gasteiger partial charge in [-0.3, -0.25) is 4.79 Å². The smallest absolute Gasteiger partial charge is 0.132 e. The number of hydrogen-bond acceptors (Lipinski definition) is 3. The summed E-state index contributed by atoms with van der Waals surface area (Å²) < 4.78 is 0. The van der Waals surface area contributed by atoms with Gasteiger partial charge in [-0.05, 0) is 31.2 Å². The molecule has 0 unspecified atom stereocenters. The van der Waals surface area contributed by atoms with Gasteiger partial charge in [0.2, 0.25) is 0 Å². The van der Waals surface area contributed by atoms with Crippen LogP contribution in [0.1, 0.15) is 72.3 Å². The van der Waals surface area contributed by atoms with E-state index in [9.17, 15) is 14.4 Å². The zero-order chi connectivity index (χ0) is 18.8. The molecule has 3 heteroatoms. The molecule has 0 heterocycles. The molecule has 1 aromatic rings. The maximum Gasteiger partial charge on any atom is 0.132 e. The van der Waals surface area contributed by atoms with Crippen molar-refractivity contribution in [3.8, 4) is 0 Å². The fourth-order valence-electron chi connectivity index (χ4n) is 1.97. The van der Waals surface area contributed by atoms with Gasteiger partial charge in [0.15, 0.2) is 0 Å². The highest BCUT2D eigenvalue weighted by Crippen LogP contribution is 1.98. The van der Waals surface area contributed by atoms with Gasteiger partial charge < -0.3 is 9.59 Å². The largest absolute Gasteiger partial charge is 0.303 e. The number of aldehydes is 1. The lowest BCUT2D eigenvalue weighted by Gasteiger charge is -1.95. The number of carbonyl (C=O) groups is 3. The fraction of sp³-hybridized carbons (Fsp3) is 0.571. The Morgan fingerprint density at radius 2 is 1.50 bits per heavy atom. The van der Waals surface area contributed by atoms with E-state index >= 15 is 0 Å². The van der Waals surface area contributed by atoms with Gasteiger partial charge in [0, 0.05) is 25.7 Å². The van der Waals surface area contributed by atoms with Gasteiger partial charge >= 0.3 is 0 Å². The Bertz CT molecular complexity index is 428. The van der Waals surface area contributed by atoms with Gasteiger partial charge in [-0.15, -0.1) is 0 Å². The van der Waals surface area contributed by atoms with E-state index in [0.29, 0.717) is 18.1 Å². The average molecular weight is 334 g/mol. The van der Waals surface area contributed by atoms with E-state index in [1.54, 1.807) is 6.92 Å². The molecule has 0 fully saturated rings. The Kier molecular flexibility index (Phi) is 17.9. The van der Waals surface area contributed by atoms with Crippen LogP contribution in [0.15, 0.2) is 30.3 Å². The number of benzene rings is 1. The van der Waals surface area contributed by atoms with Crippen LogP contribution in [-0.2, 0) is 20.8 Å². The van der Waals surface area contributed by atoms with Gasteiger partial charge in [0.25, 0.3) is 0 Å². The molecule has 0 aliphatic carbocycles. The normalized spacial score (nSPS) is 9.25. The molecule has 0 atom stereocenters. The van der Waals surface area contributed by atoms with Crippen molar-refractivity contribution in [2.75, 3.05) is 0 Å². The molecule has 0 N–H and O–H groups in total. The van der Waals surface area contributed by atoms with Crippen molar-refractivity contribution in [1.82, 2.24) is 0 Å². The van der Waals surface area contributed by atoms with Gasteiger partial charge in [-0.2, -0.15) is 0 Å². The zero-order valence-corrected chi connectivity index (χ0v) is 16.0. The maximum absolute atomic E-state index is 10.6. The van der Waals surface area contributed by atoms with Crippen LogP contribution in [0.2, 0.25) is 0 Å². The van der Waals surface area contributed by atoms with Gasteiger partial charge in [-0.1, -0.05) is 58.0 Å². The molecule has 0 aliphatic rings. The predicted octanol–water partition coefficient (Wildman–Crippen LogP) is 5.21. The third kappa shape index (κ3) is 20.2. The van der Waals surface area contributed by atoms with Crippen LogP contribution >= 0.6 is 0 Å². The Morgan fingerprint density at radius 1 is 1.00 bits per heavy atom. The third-order valence-corrected chi connectivity index (χ3v) is 2.92. The van der Waals surface area contributed by atoms with Crippen LogP contribution in [-0.4, -0.2) is 17.9 Å². The molecule has 3 nitrogen and oxygen atoms in total. The summed E-state index contributed by atoms with van der Waals surface area (Å²) in [5, 5.41) is 0. The van der Waals surface area contributed by atoms with Crippen molar-refractivity contribution in [3.05, 3.63) is 35.9 Å². The van der Waals surface area contributed by atoms with Crippen LogP contribution < -0.4 is 0 Å². The first-order valence-corrected chi connectivity index (χ1v) is 8.85. The van der Waals surface area contributed by atoms with E-state index in [1.807, 2.05) is 58.0 Å². The van der Waals surface area contributed by atoms with Crippen LogP contribution in [0.25, 0.3) is 0 Å². The molecule has 136 valence electrons. The minimum atomic E-state index is 0.287. The van der Waals surface area contributed by atoms with Crippen molar-refractivity contribution in [2.24, 2.45) is 5.92 Å². The molecular weight excluding hydrogens is 300 g/mol. The number of Topliss-reactive ketones (excluding diaryl/α,β-unsaturated/α-hetero) is 2. The summed E-state index contributed by atoms with van der Waals surface area (Å²) >= 11 is 0. The second-order valence-electron chi connectivity index (χ2n) is 6.20. The molecule has 0 spiro atoms. The molecular formula is C21H34O3. The predicted molar refractivity (Wildman–Crippen MR) is 101 cm³/mol. The summed E-state index contributed by atoms with van der Waals surface area (Å²) in [4.78, 5) is 30.9. The Balaban J connectivity index is 0. The minimum Gasteiger partial charge on any atom is -0.303 e. The highest BCUT2D eigenvalue weighted by atomic mass is 16.1. The summed E-state index contributed by atoms with van der Waals surface area (Å²) in [5.74, 6) is 1.22. The lowest BCUT2D eigenvalue weighted by atomic mass is 10.1. The topological polar surface area (TPSA) is 51.2 Å². The first-order chi connectivity index (χ1) is 11.4. The summed E-state index contributed by atoms with van der Waals surface area (Å²) in [6.07, 6.45) is 5.70. The van der Waals surface area contributed by atoms with Crippen LogP contribution in [0.5, 0.6) is 0 Å². The number of rotatable bonds is 8. The van der Waals surface area contributed by atoms with E-state index in [4.69, 9.17) is 0 Å². The van der Waals surface area contributed by atoms with E-state index in [-0.39, 0.29) is 5.78 Å². The van der Waals surface area contributed by atoms with Crippen molar-refractivity contribution < 1.29 is 14.4 Å². The van der Waals surface area contributed by atoms with Crippen LogP contribution in [0.3, 0.4) is 0 Å². The Morgan fingerprint density at radius 3 is 1.79 bits per heavy atom. The SMILES string of the molecule is CC(=O)CC(C)C.CCCC(=O)CCC.O=CCc1ccccc1. The first kappa shape index (κ1) is 24.5. The lowest BCUT2D eigenvalue weighted by molar-refractivity contribution is -0.119. The van der Waals surface area contributed by atoms with E-state index in [1.165, 1.54) is 0 Å². The monoisotopic (exact) mass is 334 g/mol. The molecule has 0 aromatic heterocycles. The average Bonchev–Trinajstić information content (AvgIpc) is 2.49. The van der Waals surface area contributed by atoms with Crippen molar-refractivity contribution >= 4 is 17.9 Å². The van der Waals surface area contributed by atoms with E-state index < -0.39 is 0 Å². The fourth-order valence-corrected chi connectivity index (χ4v) is 1.97. The van der Waals surface area contributed by atoms with Crippen molar-refractivity contribution in [1.29, 1.82) is 0 Å². The van der Waals surface area contributed by atoms with Gasteiger partial charge in [0.05, 0.1) is 0 Å². The second-order valence-corrected chi connectivity index (χ2v) is 6.20. The quantitative estimate of drug-likeness (QED) is 0.614. The van der Waals surface area contributed by atoms with Crippen molar-refractivity contribution in [2.45, 2.75) is 73.1 Å². The highest BCUT2D eigenvalue weighted by Gasteiger charge is 1.95. The number of ketones is 2. The number of carbonyl (C=O) groups excluding carboxylic acids is 3. The molecule has 0 saturated carbocycles. The van der Waals surface area contributed by atoms with Gasteiger partial charge in [0.1, 0.15) is 17.9 Å². The number of hydrogen-bond donors (Lipinski definition) is 0. The molecule has 0 aliphatic heterocycles. The molecule has 0 saturated heterocycles. The van der Waals surface area contributed by atoms with E-state index in [2.05, 4.69) is 0 Å². The molecule has 1 rings (SSSR count). The first-order valence-electron chi connectivity index (χ1n) is 8.85. The highest BCUT2D eigenvalue weighted by molar-refractivity contribution is 5.78. The van der Waals surface area contributed by atoms with E-state index in [0.717, 1.165) is 44.0 Å². The Labute approximate surface area is 147 Å². The third-order valence-electron chi connectivity index (χ3n) is 2.92. The minimum absolute atomic E-state index is 0.287. The lowest BCUT2D eigenvalue weighted by Crippen LogP contribution is -1.95. The van der Waals surface area contributed by atoms with Gasteiger partial charge in [-0.25, -0.2) is 0 Å². The molecule has 0 radical (unpaired) electrons. The molecule has 24 heavy (non-hydrogen) atoms. The van der Waals surface area contributed by atoms with Crippen LogP contribution in [0.4, 0.5) is 0 Å². The van der Waals surface area contributed by atoms with Crippen LogP contribution in [0, 0.1) is 5.92 Å². The summed E-state index contributed by atoms with van der Waals surface area (Å²) in [5.41, 5.74) is 1.08. The second kappa shape index (κ2) is 17.6. The summed E-state index contributed by atoms with van der Waals surface area (Å²) in [7, 11) is 0. The van der Waals surface area contributed by atoms with Crippen molar-refractivity contribution in [3.63, 3.8) is 0 Å². The molecule has 0 bridgehead atoms. The standard InChI is InChI=1S/C8H8O.C7H14O.C6H12O/c9-7-6-8-4-2-1-3-5-8;1-3-5-7(8)6-4-2;1-5(2)4-6(3)7/h1-5,7H,6H2;3-6H2,1-2H3;5H,4H2,1-3H3. The Hall–Kier alpha value is -1.77.